The number of carbonyl (C=O) groups is 1. The van der Waals surface area contributed by atoms with Crippen molar-refractivity contribution < 1.29 is 9.90 Å². The van der Waals surface area contributed by atoms with E-state index in [4.69, 9.17) is 0 Å². The molecule has 1 aromatic rings. The Morgan fingerprint density at radius 3 is 2.48 bits per heavy atom. The van der Waals surface area contributed by atoms with E-state index < -0.39 is 0 Å². The fourth-order valence-electron chi connectivity index (χ4n) is 2.41. The smallest absolute Gasteiger partial charge is 0.238 e. The van der Waals surface area contributed by atoms with Gasteiger partial charge < -0.3 is 10.4 Å². The molecule has 0 bridgehead atoms. The largest absolute Gasteiger partial charge is 0.392 e. The van der Waals surface area contributed by atoms with E-state index in [9.17, 15) is 9.90 Å². The highest BCUT2D eigenvalue weighted by atomic mass is 16.3. The van der Waals surface area contributed by atoms with Gasteiger partial charge >= 0.3 is 0 Å². The molecule has 1 amide bonds. The first-order valence-corrected chi connectivity index (χ1v) is 7.72. The number of nitrogens with zero attached hydrogens (tertiary/aromatic N) is 1. The molecule has 0 heterocycles. The van der Waals surface area contributed by atoms with Crippen LogP contribution >= 0.6 is 0 Å². The maximum atomic E-state index is 12.0. The molecule has 0 aliphatic heterocycles. The standard InChI is InChI=1S/C17H26N2O2/c1-12(2)13-6-8-15(9-7-13)18-17(21)11-19(3)10-16(20)14-4-5-14/h6-9,12,14,16,20H,4-5,10-11H2,1-3H3,(H,18,21). The second kappa shape index (κ2) is 7.05. The van der Waals surface area contributed by atoms with Crippen molar-refractivity contribution in [2.45, 2.75) is 38.7 Å². The summed E-state index contributed by atoms with van der Waals surface area (Å²) < 4.78 is 0. The van der Waals surface area contributed by atoms with Crippen molar-refractivity contribution in [3.05, 3.63) is 29.8 Å². The van der Waals surface area contributed by atoms with Crippen LogP contribution in [0.15, 0.2) is 24.3 Å². The van der Waals surface area contributed by atoms with Gasteiger partial charge in [0.05, 0.1) is 12.6 Å². The number of likely N-dealkylation sites (N-methyl/N-ethyl adjacent to an activating group) is 1. The fourth-order valence-corrected chi connectivity index (χ4v) is 2.41. The first kappa shape index (κ1) is 16.0. The molecule has 1 aromatic carbocycles. The minimum atomic E-state index is -0.298. The number of aliphatic hydroxyl groups is 1. The second-order valence-electron chi connectivity index (χ2n) is 6.43. The van der Waals surface area contributed by atoms with Crippen LogP contribution in [0.4, 0.5) is 5.69 Å². The fraction of sp³-hybridized carbons (Fsp3) is 0.588. The van der Waals surface area contributed by atoms with Crippen LogP contribution in [0.1, 0.15) is 38.2 Å². The molecular formula is C17H26N2O2. The average Bonchev–Trinajstić information content (AvgIpc) is 3.22. The number of anilines is 1. The van der Waals surface area contributed by atoms with Gasteiger partial charge in [-0.2, -0.15) is 0 Å². The van der Waals surface area contributed by atoms with Gasteiger partial charge in [0.2, 0.25) is 5.91 Å². The van der Waals surface area contributed by atoms with Gasteiger partial charge in [-0.25, -0.2) is 0 Å². The number of hydrogen-bond donors (Lipinski definition) is 2. The summed E-state index contributed by atoms with van der Waals surface area (Å²) in [5.41, 5.74) is 2.08. The van der Waals surface area contributed by atoms with Gasteiger partial charge in [0.15, 0.2) is 0 Å². The minimum Gasteiger partial charge on any atom is -0.392 e. The van der Waals surface area contributed by atoms with Crippen molar-refractivity contribution in [1.29, 1.82) is 0 Å². The lowest BCUT2D eigenvalue weighted by molar-refractivity contribution is -0.117. The quantitative estimate of drug-likeness (QED) is 0.811. The molecule has 2 rings (SSSR count). The molecule has 2 N–H and O–H groups in total. The van der Waals surface area contributed by atoms with E-state index in [2.05, 4.69) is 19.2 Å². The topological polar surface area (TPSA) is 52.6 Å². The van der Waals surface area contributed by atoms with E-state index in [0.29, 0.717) is 24.9 Å². The predicted octanol–water partition coefficient (Wildman–Crippen LogP) is 2.45. The van der Waals surface area contributed by atoms with E-state index in [1.807, 2.05) is 36.2 Å². The summed E-state index contributed by atoms with van der Waals surface area (Å²) in [7, 11) is 1.87. The molecule has 1 unspecified atom stereocenters. The lowest BCUT2D eigenvalue weighted by atomic mass is 10.0. The number of rotatable bonds is 7. The number of nitrogens with one attached hydrogen (secondary N) is 1. The molecule has 116 valence electrons. The number of carbonyl (C=O) groups excluding carboxylic acids is 1. The zero-order valence-corrected chi connectivity index (χ0v) is 13.2. The summed E-state index contributed by atoms with van der Waals surface area (Å²) >= 11 is 0. The highest BCUT2D eigenvalue weighted by Gasteiger charge is 2.30. The van der Waals surface area contributed by atoms with E-state index in [-0.39, 0.29) is 12.0 Å². The maximum Gasteiger partial charge on any atom is 0.238 e. The molecule has 4 heteroatoms. The van der Waals surface area contributed by atoms with Crippen LogP contribution in [-0.4, -0.2) is 42.2 Å². The summed E-state index contributed by atoms with van der Waals surface area (Å²) in [4.78, 5) is 13.9. The van der Waals surface area contributed by atoms with Crippen molar-refractivity contribution >= 4 is 11.6 Å². The molecule has 1 aliphatic carbocycles. The Bertz CT molecular complexity index is 466. The van der Waals surface area contributed by atoms with E-state index in [1.54, 1.807) is 0 Å². The van der Waals surface area contributed by atoms with E-state index in [1.165, 1.54) is 5.56 Å². The van der Waals surface area contributed by atoms with Crippen LogP contribution < -0.4 is 5.32 Å². The molecule has 21 heavy (non-hydrogen) atoms. The molecule has 0 radical (unpaired) electrons. The Balaban J connectivity index is 1.77. The SMILES string of the molecule is CC(C)c1ccc(NC(=O)CN(C)CC(O)C2CC2)cc1. The van der Waals surface area contributed by atoms with Crippen LogP contribution in [0.25, 0.3) is 0 Å². The van der Waals surface area contributed by atoms with Crippen LogP contribution in [-0.2, 0) is 4.79 Å². The summed E-state index contributed by atoms with van der Waals surface area (Å²) in [5, 5.41) is 12.8. The third-order valence-corrected chi connectivity index (χ3v) is 3.94. The first-order valence-electron chi connectivity index (χ1n) is 7.72. The molecule has 1 saturated carbocycles. The molecular weight excluding hydrogens is 264 g/mol. The molecule has 0 aromatic heterocycles. The summed E-state index contributed by atoms with van der Waals surface area (Å²) in [5.74, 6) is 0.890. The molecule has 0 spiro atoms. The van der Waals surface area contributed by atoms with Crippen molar-refractivity contribution in [1.82, 2.24) is 4.90 Å². The van der Waals surface area contributed by atoms with E-state index >= 15 is 0 Å². The Hall–Kier alpha value is -1.39. The second-order valence-corrected chi connectivity index (χ2v) is 6.43. The monoisotopic (exact) mass is 290 g/mol. The van der Waals surface area contributed by atoms with Crippen LogP contribution in [0.5, 0.6) is 0 Å². The molecule has 0 saturated heterocycles. The average molecular weight is 290 g/mol. The van der Waals surface area contributed by atoms with E-state index in [0.717, 1.165) is 18.5 Å². The molecule has 1 fully saturated rings. The highest BCUT2D eigenvalue weighted by Crippen LogP contribution is 2.32. The predicted molar refractivity (Wildman–Crippen MR) is 85.4 cm³/mol. The zero-order valence-electron chi connectivity index (χ0n) is 13.2. The van der Waals surface area contributed by atoms with Crippen molar-refractivity contribution in [3.8, 4) is 0 Å². The summed E-state index contributed by atoms with van der Waals surface area (Å²) in [6, 6.07) is 7.96. The van der Waals surface area contributed by atoms with Gasteiger partial charge in [-0.3, -0.25) is 9.69 Å². The zero-order chi connectivity index (χ0) is 15.4. The van der Waals surface area contributed by atoms with Crippen LogP contribution in [0.2, 0.25) is 0 Å². The van der Waals surface area contributed by atoms with Gasteiger partial charge in [0.25, 0.3) is 0 Å². The van der Waals surface area contributed by atoms with Crippen LogP contribution in [0.3, 0.4) is 0 Å². The van der Waals surface area contributed by atoms with Crippen LogP contribution in [0, 0.1) is 5.92 Å². The Morgan fingerprint density at radius 2 is 1.95 bits per heavy atom. The Kier molecular flexibility index (Phi) is 5.37. The Morgan fingerprint density at radius 1 is 1.33 bits per heavy atom. The third-order valence-electron chi connectivity index (χ3n) is 3.94. The number of benzene rings is 1. The summed E-state index contributed by atoms with van der Waals surface area (Å²) in [6.45, 7) is 5.15. The molecule has 1 atom stereocenters. The van der Waals surface area contributed by atoms with Gasteiger partial charge in [-0.15, -0.1) is 0 Å². The van der Waals surface area contributed by atoms with Crippen molar-refractivity contribution in [3.63, 3.8) is 0 Å². The van der Waals surface area contributed by atoms with Crippen molar-refractivity contribution in [2.24, 2.45) is 5.92 Å². The van der Waals surface area contributed by atoms with Gasteiger partial charge in [0, 0.05) is 12.2 Å². The van der Waals surface area contributed by atoms with Crippen molar-refractivity contribution in [2.75, 3.05) is 25.5 Å². The van der Waals surface area contributed by atoms with Gasteiger partial charge in [0.1, 0.15) is 0 Å². The lowest BCUT2D eigenvalue weighted by Gasteiger charge is -2.19. The minimum absolute atomic E-state index is 0.0437. The highest BCUT2D eigenvalue weighted by molar-refractivity contribution is 5.92. The normalized spacial score (nSPS) is 16.3. The molecule has 1 aliphatic rings. The Labute approximate surface area is 127 Å². The third kappa shape index (κ3) is 5.14. The molecule has 4 nitrogen and oxygen atoms in total. The van der Waals surface area contributed by atoms with Gasteiger partial charge in [-0.05, 0) is 49.4 Å². The number of amides is 1. The summed E-state index contributed by atoms with van der Waals surface area (Å²) in [6.07, 6.45) is 1.93. The lowest BCUT2D eigenvalue weighted by Crippen LogP contribution is -2.36. The van der Waals surface area contributed by atoms with Gasteiger partial charge in [-0.1, -0.05) is 26.0 Å². The number of aliphatic hydroxyl groups excluding tert-OH is 1. The maximum absolute atomic E-state index is 12.0. The first-order chi connectivity index (χ1) is 9.95. The number of hydrogen-bond acceptors (Lipinski definition) is 3.